The van der Waals surface area contributed by atoms with Gasteiger partial charge in [-0.2, -0.15) is 0 Å². The molecular formula is C23H28BrN3O4. The maximum Gasteiger partial charge on any atom is 0.251 e. The van der Waals surface area contributed by atoms with Crippen LogP contribution in [0.2, 0.25) is 0 Å². The molecule has 0 aromatic heterocycles. The molecule has 0 radical (unpaired) electrons. The van der Waals surface area contributed by atoms with E-state index in [1.54, 1.807) is 19.2 Å². The van der Waals surface area contributed by atoms with Crippen LogP contribution < -0.4 is 15.4 Å². The molecule has 1 fully saturated rings. The van der Waals surface area contributed by atoms with Gasteiger partial charge in [0.1, 0.15) is 5.75 Å². The van der Waals surface area contributed by atoms with Crippen LogP contribution >= 0.6 is 15.9 Å². The molecule has 0 spiro atoms. The first-order valence-corrected chi connectivity index (χ1v) is 11.1. The SMILES string of the molecule is COc1ccc([C@@H](CNC(=O)CCNC(=O)c2ccc(Br)cc2)N2CCOCC2)cc1. The number of methoxy groups -OCH3 is 1. The quantitative estimate of drug-likeness (QED) is 0.565. The number of morpholine rings is 1. The standard InChI is InChI=1S/C23H28BrN3O4/c1-30-20-8-4-17(5-9-20)21(27-12-14-31-15-13-27)16-26-22(28)10-11-25-23(29)18-2-6-19(24)7-3-18/h2-9,21H,10-16H2,1H3,(H,25,29)(H,26,28)/t21-/m1/s1. The summed E-state index contributed by atoms with van der Waals surface area (Å²) < 4.78 is 11.6. The molecule has 1 aliphatic heterocycles. The number of amides is 2. The highest BCUT2D eigenvalue weighted by Crippen LogP contribution is 2.23. The summed E-state index contributed by atoms with van der Waals surface area (Å²) in [5, 5.41) is 5.81. The fourth-order valence-electron chi connectivity index (χ4n) is 3.46. The Morgan fingerprint density at radius 3 is 2.39 bits per heavy atom. The summed E-state index contributed by atoms with van der Waals surface area (Å²) in [7, 11) is 1.64. The van der Waals surface area contributed by atoms with Crippen molar-refractivity contribution in [3.05, 3.63) is 64.1 Å². The molecule has 1 saturated heterocycles. The Bertz CT molecular complexity index is 852. The van der Waals surface area contributed by atoms with Crippen molar-refractivity contribution in [2.75, 3.05) is 46.5 Å². The van der Waals surface area contributed by atoms with Crippen molar-refractivity contribution in [3.8, 4) is 5.75 Å². The fourth-order valence-corrected chi connectivity index (χ4v) is 3.73. The number of rotatable bonds is 9. The molecular weight excluding hydrogens is 462 g/mol. The summed E-state index contributed by atoms with van der Waals surface area (Å²) in [5.41, 5.74) is 1.68. The smallest absolute Gasteiger partial charge is 0.251 e. The van der Waals surface area contributed by atoms with Crippen molar-refractivity contribution in [1.82, 2.24) is 15.5 Å². The minimum absolute atomic E-state index is 0.0520. The maximum absolute atomic E-state index is 12.4. The van der Waals surface area contributed by atoms with Crippen molar-refractivity contribution >= 4 is 27.7 Å². The van der Waals surface area contributed by atoms with Crippen LogP contribution in [0.15, 0.2) is 53.0 Å². The van der Waals surface area contributed by atoms with Gasteiger partial charge >= 0.3 is 0 Å². The van der Waals surface area contributed by atoms with Gasteiger partial charge in [-0.05, 0) is 42.0 Å². The Morgan fingerprint density at radius 2 is 1.74 bits per heavy atom. The van der Waals surface area contributed by atoms with Crippen LogP contribution in [0.5, 0.6) is 5.75 Å². The fraction of sp³-hybridized carbons (Fsp3) is 0.391. The predicted octanol–water partition coefficient (Wildman–Crippen LogP) is 2.77. The molecule has 3 rings (SSSR count). The Labute approximate surface area is 191 Å². The summed E-state index contributed by atoms with van der Waals surface area (Å²) >= 11 is 3.35. The average molecular weight is 490 g/mol. The highest BCUT2D eigenvalue weighted by atomic mass is 79.9. The van der Waals surface area contributed by atoms with Crippen molar-refractivity contribution in [2.24, 2.45) is 0 Å². The lowest BCUT2D eigenvalue weighted by atomic mass is 10.0. The van der Waals surface area contributed by atoms with Crippen molar-refractivity contribution < 1.29 is 19.1 Å². The second kappa shape index (κ2) is 11.8. The van der Waals surface area contributed by atoms with Gasteiger partial charge in [0.25, 0.3) is 5.91 Å². The number of halogens is 1. The van der Waals surface area contributed by atoms with Gasteiger partial charge < -0.3 is 20.1 Å². The van der Waals surface area contributed by atoms with Crippen molar-refractivity contribution in [2.45, 2.75) is 12.5 Å². The Kier molecular flexibility index (Phi) is 8.87. The lowest BCUT2D eigenvalue weighted by Gasteiger charge is -2.35. The summed E-state index contributed by atoms with van der Waals surface area (Å²) in [5.74, 6) is 0.516. The van der Waals surface area contributed by atoms with E-state index in [0.29, 0.717) is 25.3 Å². The second-order valence-electron chi connectivity index (χ2n) is 7.25. The van der Waals surface area contributed by atoms with Crippen LogP contribution in [0.4, 0.5) is 0 Å². The van der Waals surface area contributed by atoms with Crippen LogP contribution in [0.25, 0.3) is 0 Å². The highest BCUT2D eigenvalue weighted by Gasteiger charge is 2.23. The molecule has 1 aliphatic rings. The number of hydrogen-bond donors (Lipinski definition) is 2. The van der Waals surface area contributed by atoms with Gasteiger partial charge in [0, 0.05) is 42.6 Å². The summed E-state index contributed by atoms with van der Waals surface area (Å²) in [6.45, 7) is 3.77. The van der Waals surface area contributed by atoms with Crippen molar-refractivity contribution in [3.63, 3.8) is 0 Å². The van der Waals surface area contributed by atoms with Gasteiger partial charge in [0.15, 0.2) is 0 Å². The van der Waals surface area contributed by atoms with E-state index in [9.17, 15) is 9.59 Å². The monoisotopic (exact) mass is 489 g/mol. The number of carbonyl (C=O) groups is 2. The van der Waals surface area contributed by atoms with Crippen LogP contribution in [0.1, 0.15) is 28.4 Å². The lowest BCUT2D eigenvalue weighted by Crippen LogP contribution is -2.44. The van der Waals surface area contributed by atoms with Crippen LogP contribution in [-0.4, -0.2) is 63.2 Å². The van der Waals surface area contributed by atoms with Gasteiger partial charge in [-0.1, -0.05) is 28.1 Å². The molecule has 2 aromatic carbocycles. The van der Waals surface area contributed by atoms with E-state index >= 15 is 0 Å². The summed E-state index contributed by atoms with van der Waals surface area (Å²) in [6, 6.07) is 15.1. The van der Waals surface area contributed by atoms with E-state index < -0.39 is 0 Å². The number of ether oxygens (including phenoxy) is 2. The zero-order chi connectivity index (χ0) is 22.1. The van der Waals surface area contributed by atoms with Crippen LogP contribution in [-0.2, 0) is 9.53 Å². The third kappa shape index (κ3) is 7.05. The van der Waals surface area contributed by atoms with E-state index in [1.807, 2.05) is 36.4 Å². The summed E-state index contributed by atoms with van der Waals surface area (Å²) in [4.78, 5) is 26.9. The Hall–Kier alpha value is -2.42. The zero-order valence-electron chi connectivity index (χ0n) is 17.6. The summed E-state index contributed by atoms with van der Waals surface area (Å²) in [6.07, 6.45) is 0.223. The molecule has 2 amide bonds. The van der Waals surface area contributed by atoms with Crippen LogP contribution in [0.3, 0.4) is 0 Å². The molecule has 2 aromatic rings. The van der Waals surface area contributed by atoms with Gasteiger partial charge in [-0.3, -0.25) is 14.5 Å². The number of benzene rings is 2. The molecule has 7 nitrogen and oxygen atoms in total. The van der Waals surface area contributed by atoms with Gasteiger partial charge in [-0.25, -0.2) is 0 Å². The molecule has 0 unspecified atom stereocenters. The van der Waals surface area contributed by atoms with Gasteiger partial charge in [-0.15, -0.1) is 0 Å². The van der Waals surface area contributed by atoms with E-state index in [0.717, 1.165) is 28.9 Å². The maximum atomic E-state index is 12.4. The first kappa shape index (κ1) is 23.2. The molecule has 166 valence electrons. The minimum atomic E-state index is -0.190. The third-order valence-corrected chi connectivity index (χ3v) is 5.75. The Morgan fingerprint density at radius 1 is 1.06 bits per heavy atom. The number of hydrogen-bond acceptors (Lipinski definition) is 5. The first-order valence-electron chi connectivity index (χ1n) is 10.3. The number of nitrogens with zero attached hydrogens (tertiary/aromatic N) is 1. The van der Waals surface area contributed by atoms with E-state index in [2.05, 4.69) is 31.5 Å². The molecule has 1 heterocycles. The molecule has 31 heavy (non-hydrogen) atoms. The number of nitrogens with one attached hydrogen (secondary N) is 2. The Balaban J connectivity index is 1.50. The van der Waals surface area contributed by atoms with Gasteiger partial charge in [0.2, 0.25) is 5.91 Å². The van der Waals surface area contributed by atoms with E-state index in [-0.39, 0.29) is 30.8 Å². The van der Waals surface area contributed by atoms with Crippen molar-refractivity contribution in [1.29, 1.82) is 0 Å². The van der Waals surface area contributed by atoms with Crippen LogP contribution in [0, 0.1) is 0 Å². The average Bonchev–Trinajstić information content (AvgIpc) is 2.80. The lowest BCUT2D eigenvalue weighted by molar-refractivity contribution is -0.121. The topological polar surface area (TPSA) is 79.9 Å². The van der Waals surface area contributed by atoms with E-state index in [4.69, 9.17) is 9.47 Å². The molecule has 0 saturated carbocycles. The third-order valence-electron chi connectivity index (χ3n) is 5.22. The molecule has 2 N–H and O–H groups in total. The van der Waals surface area contributed by atoms with Gasteiger partial charge in [0.05, 0.1) is 26.4 Å². The minimum Gasteiger partial charge on any atom is -0.497 e. The molecule has 0 aliphatic carbocycles. The highest BCUT2D eigenvalue weighted by molar-refractivity contribution is 9.10. The normalized spacial score (nSPS) is 15.2. The zero-order valence-corrected chi connectivity index (χ0v) is 19.2. The number of carbonyl (C=O) groups excluding carboxylic acids is 2. The first-order chi connectivity index (χ1) is 15.1. The predicted molar refractivity (Wildman–Crippen MR) is 122 cm³/mol. The molecule has 1 atom stereocenters. The molecule has 8 heteroatoms. The van der Waals surface area contributed by atoms with E-state index in [1.165, 1.54) is 0 Å². The largest absolute Gasteiger partial charge is 0.497 e. The second-order valence-corrected chi connectivity index (χ2v) is 8.17. The molecule has 0 bridgehead atoms.